The molecule has 0 atom stereocenters. The highest BCUT2D eigenvalue weighted by Gasteiger charge is 2.06. The smallest absolute Gasteiger partial charge is 0.191 e. The molecule has 0 fully saturated rings. The quantitative estimate of drug-likeness (QED) is 0.415. The minimum absolute atomic E-state index is 0. The fraction of sp³-hybridized carbons (Fsp3) is 0.600. The molecule has 0 aromatic carbocycles. The van der Waals surface area contributed by atoms with E-state index >= 15 is 0 Å². The van der Waals surface area contributed by atoms with Crippen molar-refractivity contribution in [2.45, 2.75) is 33.4 Å². The van der Waals surface area contributed by atoms with E-state index in [1.54, 1.807) is 13.2 Å². The first-order valence-corrected chi connectivity index (χ1v) is 7.25. The Balaban J connectivity index is 0.00000400. The number of hydrogen-bond donors (Lipinski definition) is 2. The van der Waals surface area contributed by atoms with Gasteiger partial charge in [0.25, 0.3) is 0 Å². The number of halogens is 1. The van der Waals surface area contributed by atoms with Crippen molar-refractivity contribution in [2.24, 2.45) is 4.99 Å². The highest BCUT2D eigenvalue weighted by Crippen LogP contribution is 1.95. The number of guanidine groups is 1. The molecule has 120 valence electrons. The fourth-order valence-corrected chi connectivity index (χ4v) is 2.00. The van der Waals surface area contributed by atoms with Crippen molar-refractivity contribution >= 4 is 29.9 Å². The molecule has 1 aromatic heterocycles. The lowest BCUT2D eigenvalue weighted by Crippen LogP contribution is -2.42. The third kappa shape index (κ3) is 8.21. The Bertz CT molecular complexity index is 394. The standard InChI is InChI=1S/C15H27N5.HI/c1-5-20(13(2)3)11-10-18-15(16-4)19-12-14-8-6-7-9-17-14;/h6-9,13H,5,10-12H2,1-4H3,(H2,16,18,19);1H. The molecule has 0 radical (unpaired) electrons. The van der Waals surface area contributed by atoms with Crippen molar-refractivity contribution in [3.8, 4) is 0 Å². The number of pyridine rings is 1. The lowest BCUT2D eigenvalue weighted by Gasteiger charge is -2.25. The van der Waals surface area contributed by atoms with Crippen LogP contribution in [0.25, 0.3) is 0 Å². The third-order valence-corrected chi connectivity index (χ3v) is 3.21. The van der Waals surface area contributed by atoms with Crippen molar-refractivity contribution < 1.29 is 0 Å². The summed E-state index contributed by atoms with van der Waals surface area (Å²) in [6.45, 7) is 10.3. The van der Waals surface area contributed by atoms with Gasteiger partial charge in [0, 0.05) is 32.4 Å². The first-order chi connectivity index (χ1) is 9.67. The molecule has 6 heteroatoms. The van der Waals surface area contributed by atoms with Gasteiger partial charge in [0.15, 0.2) is 5.96 Å². The van der Waals surface area contributed by atoms with Gasteiger partial charge in [-0.2, -0.15) is 0 Å². The van der Waals surface area contributed by atoms with Crippen molar-refractivity contribution in [2.75, 3.05) is 26.7 Å². The average Bonchev–Trinajstić information content (AvgIpc) is 2.47. The third-order valence-electron chi connectivity index (χ3n) is 3.21. The molecule has 0 unspecified atom stereocenters. The second kappa shape index (κ2) is 11.7. The molecule has 21 heavy (non-hydrogen) atoms. The highest BCUT2D eigenvalue weighted by molar-refractivity contribution is 14.0. The zero-order valence-electron chi connectivity index (χ0n) is 13.5. The Labute approximate surface area is 145 Å². The second-order valence-electron chi connectivity index (χ2n) is 4.90. The van der Waals surface area contributed by atoms with Crippen LogP contribution in [0.4, 0.5) is 0 Å². The van der Waals surface area contributed by atoms with E-state index in [0.29, 0.717) is 12.6 Å². The molecule has 0 aliphatic carbocycles. The van der Waals surface area contributed by atoms with Crippen LogP contribution >= 0.6 is 24.0 Å². The van der Waals surface area contributed by atoms with E-state index in [2.05, 4.69) is 46.3 Å². The first-order valence-electron chi connectivity index (χ1n) is 7.25. The normalized spacial score (nSPS) is 11.4. The summed E-state index contributed by atoms with van der Waals surface area (Å²) in [5, 5.41) is 6.59. The number of hydrogen-bond acceptors (Lipinski definition) is 3. The van der Waals surface area contributed by atoms with Crippen LogP contribution in [-0.2, 0) is 6.54 Å². The molecule has 1 aromatic rings. The van der Waals surface area contributed by atoms with Gasteiger partial charge in [-0.25, -0.2) is 0 Å². The highest BCUT2D eigenvalue weighted by atomic mass is 127. The van der Waals surface area contributed by atoms with Gasteiger partial charge >= 0.3 is 0 Å². The zero-order valence-corrected chi connectivity index (χ0v) is 15.8. The van der Waals surface area contributed by atoms with Gasteiger partial charge in [0.05, 0.1) is 12.2 Å². The first kappa shape index (κ1) is 20.1. The molecule has 1 heterocycles. The Hall–Kier alpha value is -0.890. The summed E-state index contributed by atoms with van der Waals surface area (Å²) < 4.78 is 0. The molecule has 0 spiro atoms. The van der Waals surface area contributed by atoms with Crippen molar-refractivity contribution in [3.05, 3.63) is 30.1 Å². The summed E-state index contributed by atoms with van der Waals surface area (Å²) in [4.78, 5) is 10.9. The van der Waals surface area contributed by atoms with Crippen molar-refractivity contribution in [3.63, 3.8) is 0 Å². The van der Waals surface area contributed by atoms with Crippen molar-refractivity contribution in [1.82, 2.24) is 20.5 Å². The Morgan fingerprint density at radius 2 is 2.10 bits per heavy atom. The molecule has 0 saturated carbocycles. The summed E-state index contributed by atoms with van der Waals surface area (Å²) >= 11 is 0. The minimum atomic E-state index is 0. The van der Waals surface area contributed by atoms with Gasteiger partial charge in [-0.1, -0.05) is 13.0 Å². The maximum atomic E-state index is 4.28. The van der Waals surface area contributed by atoms with Crippen LogP contribution in [0.3, 0.4) is 0 Å². The van der Waals surface area contributed by atoms with Gasteiger partial charge in [-0.3, -0.25) is 14.9 Å². The maximum Gasteiger partial charge on any atom is 0.191 e. The van der Waals surface area contributed by atoms with Gasteiger partial charge in [-0.15, -0.1) is 24.0 Å². The van der Waals surface area contributed by atoms with E-state index < -0.39 is 0 Å². The number of rotatable bonds is 7. The molecular formula is C15H28IN5. The topological polar surface area (TPSA) is 52.5 Å². The van der Waals surface area contributed by atoms with Crippen LogP contribution < -0.4 is 10.6 Å². The monoisotopic (exact) mass is 405 g/mol. The predicted octanol–water partition coefficient (Wildman–Crippen LogP) is 2.09. The van der Waals surface area contributed by atoms with E-state index in [-0.39, 0.29) is 24.0 Å². The van der Waals surface area contributed by atoms with Gasteiger partial charge in [0.2, 0.25) is 0 Å². The lowest BCUT2D eigenvalue weighted by atomic mass is 10.3. The molecule has 5 nitrogen and oxygen atoms in total. The Kier molecular flexibility index (Phi) is 11.2. The predicted molar refractivity (Wildman–Crippen MR) is 100 cm³/mol. The lowest BCUT2D eigenvalue weighted by molar-refractivity contribution is 0.237. The number of aliphatic imine (C=N–C) groups is 1. The number of nitrogens with zero attached hydrogens (tertiary/aromatic N) is 3. The SMILES string of the molecule is CCN(CCNC(=NC)NCc1ccccn1)C(C)C.I. The fourth-order valence-electron chi connectivity index (χ4n) is 2.00. The van der Waals surface area contributed by atoms with E-state index in [0.717, 1.165) is 31.3 Å². The summed E-state index contributed by atoms with van der Waals surface area (Å²) in [5.74, 6) is 0.815. The van der Waals surface area contributed by atoms with Gasteiger partial charge in [0.1, 0.15) is 0 Å². The van der Waals surface area contributed by atoms with Crippen LogP contribution in [0.1, 0.15) is 26.5 Å². The summed E-state index contributed by atoms with van der Waals surface area (Å²) in [7, 11) is 1.79. The van der Waals surface area contributed by atoms with Crippen molar-refractivity contribution in [1.29, 1.82) is 0 Å². The summed E-state index contributed by atoms with van der Waals surface area (Å²) in [6.07, 6.45) is 1.80. The average molecular weight is 405 g/mol. The van der Waals surface area contributed by atoms with Crippen LogP contribution in [0.15, 0.2) is 29.4 Å². The van der Waals surface area contributed by atoms with Crippen LogP contribution in [0.2, 0.25) is 0 Å². The molecular weight excluding hydrogens is 377 g/mol. The van der Waals surface area contributed by atoms with Gasteiger partial charge in [-0.05, 0) is 32.5 Å². The minimum Gasteiger partial charge on any atom is -0.355 e. The largest absolute Gasteiger partial charge is 0.355 e. The van der Waals surface area contributed by atoms with E-state index in [1.807, 2.05) is 18.2 Å². The molecule has 0 aliphatic heterocycles. The number of aromatic nitrogens is 1. The molecule has 2 N–H and O–H groups in total. The zero-order chi connectivity index (χ0) is 14.8. The summed E-state index contributed by atoms with van der Waals surface area (Å²) in [6, 6.07) is 6.48. The number of nitrogens with one attached hydrogen (secondary N) is 2. The van der Waals surface area contributed by atoms with Crippen LogP contribution in [0.5, 0.6) is 0 Å². The molecule has 0 aliphatic rings. The van der Waals surface area contributed by atoms with E-state index in [4.69, 9.17) is 0 Å². The number of likely N-dealkylation sites (N-methyl/N-ethyl adjacent to an activating group) is 1. The molecule has 0 bridgehead atoms. The summed E-state index contributed by atoms with van der Waals surface area (Å²) in [5.41, 5.74) is 1.01. The molecule has 0 amide bonds. The van der Waals surface area contributed by atoms with Gasteiger partial charge < -0.3 is 10.6 Å². The van der Waals surface area contributed by atoms with E-state index in [1.165, 1.54) is 0 Å². The Morgan fingerprint density at radius 1 is 1.33 bits per heavy atom. The second-order valence-corrected chi connectivity index (χ2v) is 4.90. The van der Waals surface area contributed by atoms with E-state index in [9.17, 15) is 0 Å². The van der Waals surface area contributed by atoms with Crippen LogP contribution in [-0.4, -0.2) is 48.6 Å². The van der Waals surface area contributed by atoms with Crippen LogP contribution in [0, 0.1) is 0 Å². The Morgan fingerprint density at radius 3 is 2.62 bits per heavy atom. The molecule has 1 rings (SSSR count). The molecule has 0 saturated heterocycles. The maximum absolute atomic E-state index is 4.28.